The number of hydrogen-bond acceptors (Lipinski definition) is 4. The number of para-hydroxylation sites is 1. The Hall–Kier alpha value is -2.97. The van der Waals surface area contributed by atoms with Crippen LogP contribution in [0.2, 0.25) is 0 Å². The zero-order valence-electron chi connectivity index (χ0n) is 16.6. The van der Waals surface area contributed by atoms with Crippen molar-refractivity contribution in [3.63, 3.8) is 0 Å². The van der Waals surface area contributed by atoms with Crippen LogP contribution in [0.3, 0.4) is 0 Å². The molecule has 0 saturated heterocycles. The first kappa shape index (κ1) is 21.7. The van der Waals surface area contributed by atoms with Gasteiger partial charge in [0, 0.05) is 32.8 Å². The van der Waals surface area contributed by atoms with Crippen LogP contribution in [0.5, 0.6) is 0 Å². The molecule has 0 unspecified atom stereocenters. The number of anilines is 1. The van der Waals surface area contributed by atoms with E-state index < -0.39 is 24.0 Å². The molecule has 30 heavy (non-hydrogen) atoms. The second kappa shape index (κ2) is 9.23. The lowest BCUT2D eigenvalue weighted by Gasteiger charge is -2.21. The lowest BCUT2D eigenvalue weighted by Crippen LogP contribution is -2.50. The Kier molecular flexibility index (Phi) is 6.69. The largest absolute Gasteiger partial charge is 0.391 e. The molecule has 0 aliphatic carbocycles. The van der Waals surface area contributed by atoms with E-state index in [1.165, 1.54) is 13.8 Å². The van der Waals surface area contributed by atoms with Crippen molar-refractivity contribution in [1.29, 1.82) is 0 Å². The van der Waals surface area contributed by atoms with Crippen LogP contribution >= 0.6 is 15.9 Å². The third kappa shape index (κ3) is 4.95. The van der Waals surface area contributed by atoms with Crippen LogP contribution in [-0.4, -0.2) is 39.4 Å². The highest BCUT2D eigenvalue weighted by atomic mass is 79.9. The summed E-state index contributed by atoms with van der Waals surface area (Å²) >= 11 is 3.33. The molecular formula is C22H22BrN3O4. The molecule has 0 spiro atoms. The van der Waals surface area contributed by atoms with Gasteiger partial charge in [-0.1, -0.05) is 40.2 Å². The molecule has 0 aliphatic rings. The second-order valence-corrected chi connectivity index (χ2v) is 7.95. The molecule has 2 amide bonds. The first-order valence-electron chi connectivity index (χ1n) is 9.39. The molecular weight excluding hydrogens is 450 g/mol. The molecule has 1 heterocycles. The van der Waals surface area contributed by atoms with Gasteiger partial charge in [0.1, 0.15) is 12.6 Å². The van der Waals surface area contributed by atoms with Crippen LogP contribution in [0.1, 0.15) is 24.2 Å². The maximum absolute atomic E-state index is 12.6. The molecule has 0 aliphatic heterocycles. The molecule has 156 valence electrons. The number of nitrogens with zero attached hydrogens (tertiary/aromatic N) is 1. The third-order valence-electron chi connectivity index (χ3n) is 4.66. The van der Waals surface area contributed by atoms with Crippen molar-refractivity contribution in [3.05, 3.63) is 64.8 Å². The zero-order chi connectivity index (χ0) is 21.8. The highest BCUT2D eigenvalue weighted by Gasteiger charge is 2.26. The Bertz CT molecular complexity index is 1110. The summed E-state index contributed by atoms with van der Waals surface area (Å²) in [7, 11) is 0. The van der Waals surface area contributed by atoms with Gasteiger partial charge in [-0.25, -0.2) is 0 Å². The van der Waals surface area contributed by atoms with Gasteiger partial charge in [-0.3, -0.25) is 14.4 Å². The summed E-state index contributed by atoms with van der Waals surface area (Å²) in [4.78, 5) is 37.2. The van der Waals surface area contributed by atoms with Gasteiger partial charge in [-0.15, -0.1) is 0 Å². The summed E-state index contributed by atoms with van der Waals surface area (Å²) in [5.74, 6) is -1.08. The number of nitrogens with one attached hydrogen (secondary N) is 2. The third-order valence-corrected chi connectivity index (χ3v) is 5.15. The molecule has 0 bridgehead atoms. The smallest absolute Gasteiger partial charge is 0.249 e. The quantitative estimate of drug-likeness (QED) is 0.460. The van der Waals surface area contributed by atoms with Crippen molar-refractivity contribution in [2.24, 2.45) is 0 Å². The van der Waals surface area contributed by atoms with Crippen LogP contribution in [0, 0.1) is 0 Å². The fraction of sp³-hybridized carbons (Fsp3) is 0.227. The second-order valence-electron chi connectivity index (χ2n) is 7.03. The molecule has 3 N–H and O–H groups in total. The van der Waals surface area contributed by atoms with Crippen molar-refractivity contribution in [1.82, 2.24) is 9.88 Å². The minimum absolute atomic E-state index is 0.0961. The normalized spacial score (nSPS) is 12.9. The number of aromatic nitrogens is 1. The van der Waals surface area contributed by atoms with Gasteiger partial charge >= 0.3 is 0 Å². The van der Waals surface area contributed by atoms with E-state index in [-0.39, 0.29) is 12.3 Å². The SMILES string of the molecule is CC(=O)c1cn(CC(=O)N[C@H](C(=O)Nc2cccc(Br)c2)[C@@H](C)O)c2ccccc12. The number of carbonyl (C=O) groups excluding carboxylic acids is 3. The number of hydrogen-bond donors (Lipinski definition) is 3. The number of aliphatic hydroxyl groups excluding tert-OH is 1. The molecule has 3 aromatic rings. The fourth-order valence-electron chi connectivity index (χ4n) is 3.22. The summed E-state index contributed by atoms with van der Waals surface area (Å²) in [6, 6.07) is 13.2. The predicted octanol–water partition coefficient (Wildman–Crippen LogP) is 3.11. The van der Waals surface area contributed by atoms with Crippen LogP contribution in [0.15, 0.2) is 59.2 Å². The van der Waals surface area contributed by atoms with E-state index in [4.69, 9.17) is 0 Å². The molecule has 3 rings (SSSR count). The van der Waals surface area contributed by atoms with E-state index in [1.807, 2.05) is 30.3 Å². The number of fused-ring (bicyclic) bond motifs is 1. The van der Waals surface area contributed by atoms with Crippen LogP contribution in [0.25, 0.3) is 10.9 Å². The maximum Gasteiger partial charge on any atom is 0.249 e. The van der Waals surface area contributed by atoms with E-state index in [0.29, 0.717) is 11.3 Å². The Labute approximate surface area is 182 Å². The average molecular weight is 472 g/mol. The van der Waals surface area contributed by atoms with E-state index in [1.54, 1.807) is 29.0 Å². The minimum Gasteiger partial charge on any atom is -0.391 e. The maximum atomic E-state index is 12.6. The average Bonchev–Trinajstić information content (AvgIpc) is 3.04. The fourth-order valence-corrected chi connectivity index (χ4v) is 3.62. The van der Waals surface area contributed by atoms with E-state index >= 15 is 0 Å². The van der Waals surface area contributed by atoms with E-state index in [0.717, 1.165) is 15.4 Å². The summed E-state index contributed by atoms with van der Waals surface area (Å²) in [5, 5.41) is 16.1. The van der Waals surface area contributed by atoms with E-state index in [2.05, 4.69) is 26.6 Å². The number of aliphatic hydroxyl groups is 1. The highest BCUT2D eigenvalue weighted by molar-refractivity contribution is 9.10. The number of benzene rings is 2. The summed E-state index contributed by atoms with van der Waals surface area (Å²) < 4.78 is 2.45. The van der Waals surface area contributed by atoms with Crippen molar-refractivity contribution in [3.8, 4) is 0 Å². The zero-order valence-corrected chi connectivity index (χ0v) is 18.1. The first-order chi connectivity index (χ1) is 14.3. The monoisotopic (exact) mass is 471 g/mol. The lowest BCUT2D eigenvalue weighted by molar-refractivity contribution is -0.129. The Morgan fingerprint density at radius 1 is 1.13 bits per heavy atom. The van der Waals surface area contributed by atoms with Crippen molar-refractivity contribution >= 4 is 50.1 Å². The Morgan fingerprint density at radius 2 is 1.87 bits per heavy atom. The standard InChI is InChI=1S/C22H22BrN3O4/c1-13(27)18-11-26(19-9-4-3-8-17(18)19)12-20(29)25-21(14(2)28)22(30)24-16-7-5-6-15(23)10-16/h3-11,14,21,28H,12H2,1-2H3,(H,24,30)(H,25,29)/t14-,21+/m1/s1. The van der Waals surface area contributed by atoms with Crippen molar-refractivity contribution in [2.75, 3.05) is 5.32 Å². The van der Waals surface area contributed by atoms with Gasteiger partial charge in [0.15, 0.2) is 5.78 Å². The number of Topliss-reactive ketones (excluding diaryl/α,β-unsaturated/α-hetero) is 1. The number of amides is 2. The van der Waals surface area contributed by atoms with Crippen LogP contribution in [0.4, 0.5) is 5.69 Å². The molecule has 8 heteroatoms. The number of carbonyl (C=O) groups is 3. The van der Waals surface area contributed by atoms with Gasteiger partial charge in [0.05, 0.1) is 6.10 Å². The number of halogens is 1. The van der Waals surface area contributed by atoms with E-state index in [9.17, 15) is 19.5 Å². The molecule has 1 aromatic heterocycles. The molecule has 0 saturated carbocycles. The first-order valence-corrected chi connectivity index (χ1v) is 10.2. The van der Waals surface area contributed by atoms with Crippen molar-refractivity contribution < 1.29 is 19.5 Å². The van der Waals surface area contributed by atoms with Crippen LogP contribution < -0.4 is 10.6 Å². The topological polar surface area (TPSA) is 100 Å². The summed E-state index contributed by atoms with van der Waals surface area (Å²) in [6.45, 7) is 2.81. The summed E-state index contributed by atoms with van der Waals surface area (Å²) in [6.07, 6.45) is 0.529. The lowest BCUT2D eigenvalue weighted by atomic mass is 10.1. The minimum atomic E-state index is -1.13. The van der Waals surface area contributed by atoms with Gasteiger partial charge in [0.25, 0.3) is 0 Å². The Balaban J connectivity index is 1.75. The number of ketones is 1. The van der Waals surface area contributed by atoms with Crippen LogP contribution in [-0.2, 0) is 16.1 Å². The molecule has 7 nitrogen and oxygen atoms in total. The molecule has 0 fully saturated rings. The van der Waals surface area contributed by atoms with Gasteiger partial charge in [0.2, 0.25) is 11.8 Å². The van der Waals surface area contributed by atoms with Gasteiger partial charge < -0.3 is 20.3 Å². The predicted molar refractivity (Wildman–Crippen MR) is 118 cm³/mol. The van der Waals surface area contributed by atoms with Crippen molar-refractivity contribution in [2.45, 2.75) is 32.5 Å². The molecule has 2 atom stereocenters. The van der Waals surface area contributed by atoms with Gasteiger partial charge in [-0.2, -0.15) is 0 Å². The molecule has 0 radical (unpaired) electrons. The Morgan fingerprint density at radius 3 is 2.53 bits per heavy atom. The molecule has 2 aromatic carbocycles. The van der Waals surface area contributed by atoms with Gasteiger partial charge in [-0.05, 0) is 38.1 Å². The number of rotatable bonds is 7. The summed E-state index contributed by atoms with van der Waals surface area (Å²) in [5.41, 5.74) is 1.81. The highest BCUT2D eigenvalue weighted by Crippen LogP contribution is 2.22.